The van der Waals surface area contributed by atoms with Crippen molar-refractivity contribution in [2.75, 3.05) is 56.2 Å². The van der Waals surface area contributed by atoms with Crippen LogP contribution < -0.4 is 9.80 Å². The van der Waals surface area contributed by atoms with Crippen LogP contribution in [0.15, 0.2) is 36.5 Å². The number of pyridine rings is 1. The quantitative estimate of drug-likeness (QED) is 0.317. The van der Waals surface area contributed by atoms with E-state index in [0.717, 1.165) is 71.9 Å². The Morgan fingerprint density at radius 2 is 2.02 bits per heavy atom. The monoisotopic (exact) mass is 582 g/mol. The lowest BCUT2D eigenvalue weighted by Gasteiger charge is -2.61. The van der Waals surface area contributed by atoms with Gasteiger partial charge >= 0.3 is 0 Å². The van der Waals surface area contributed by atoms with Gasteiger partial charge in [-0.25, -0.2) is 9.50 Å². The summed E-state index contributed by atoms with van der Waals surface area (Å²) in [5.41, 5.74) is 7.43. The second-order valence-corrected chi connectivity index (χ2v) is 13.0. The summed E-state index contributed by atoms with van der Waals surface area (Å²) in [5.74, 6) is 0.253. The van der Waals surface area contributed by atoms with Crippen molar-refractivity contribution in [3.63, 3.8) is 0 Å². The summed E-state index contributed by atoms with van der Waals surface area (Å²) in [6.45, 7) is 10.7. The van der Waals surface area contributed by atoms with E-state index in [1.165, 1.54) is 11.3 Å². The number of fused-ring (bicyclic) bond motifs is 1. The van der Waals surface area contributed by atoms with Crippen LogP contribution in [0.1, 0.15) is 36.4 Å². The molecule has 1 aromatic carbocycles. The molecule has 3 aromatic heterocycles. The maximum atomic E-state index is 12.8. The van der Waals surface area contributed by atoms with Gasteiger partial charge in [-0.2, -0.15) is 10.4 Å². The number of aromatic nitrogens is 3. The maximum absolute atomic E-state index is 12.8. The number of carbonyl (C=O) groups excluding carboxylic acids is 1. The van der Waals surface area contributed by atoms with Crippen LogP contribution in [-0.2, 0) is 16.0 Å². The first kappa shape index (κ1) is 25.7. The second-order valence-electron chi connectivity index (χ2n) is 12.0. The van der Waals surface area contributed by atoms with Gasteiger partial charge in [-0.3, -0.25) is 4.79 Å². The fourth-order valence-electron chi connectivity index (χ4n) is 6.64. The van der Waals surface area contributed by atoms with Gasteiger partial charge in [0.05, 0.1) is 30.8 Å². The number of thiazole rings is 1. The minimum Gasteiger partial charge on any atom is -0.381 e. The van der Waals surface area contributed by atoms with Gasteiger partial charge in [-0.05, 0) is 38.3 Å². The first-order chi connectivity index (χ1) is 20.7. The molecule has 1 spiro atoms. The topological polar surface area (TPSA) is 90.0 Å². The standard InChI is InChI=1S/C32H35N7O2S/c1-5-24-29(36(4)31-34-28(27(13-33)42-31)22-8-6-20(2)7-9-22)26-12-25(21(3)14-39(26)35-24)37-16-32(17-37)18-38(19-32)30(40)23-10-11-41-15-23/h6-9,12,14,23H,5,10-11,15-19H2,1-4H3/t23-/m0/s1/i14D. The molecule has 3 aliphatic heterocycles. The van der Waals surface area contributed by atoms with E-state index in [4.69, 9.17) is 16.2 Å². The molecule has 3 fully saturated rings. The predicted molar refractivity (Wildman–Crippen MR) is 165 cm³/mol. The third-order valence-electron chi connectivity index (χ3n) is 8.93. The number of aryl methyl sites for hydroxylation is 2. The lowest BCUT2D eigenvalue weighted by molar-refractivity contribution is -0.149. The SMILES string of the molecule is [2H]c1c(C)c(N2CC3(CN(C(=O)[C@H]4CCOC4)C3)C2)cc2c(N(C)c3nc(-c4ccc(C)cc4)c(C#N)s3)c(CC)nn12. The summed E-state index contributed by atoms with van der Waals surface area (Å²) in [6, 6.07) is 12.6. The highest BCUT2D eigenvalue weighted by atomic mass is 32.1. The summed E-state index contributed by atoms with van der Waals surface area (Å²) in [6.07, 6.45) is 1.89. The molecule has 1 amide bonds. The number of ether oxygens (including phenoxy) is 1. The summed E-state index contributed by atoms with van der Waals surface area (Å²) < 4.78 is 16.2. The number of carbonyl (C=O) groups is 1. The highest BCUT2D eigenvalue weighted by Crippen LogP contribution is 2.45. The summed E-state index contributed by atoms with van der Waals surface area (Å²) in [4.78, 5) is 24.6. The smallest absolute Gasteiger partial charge is 0.228 e. The molecule has 0 aliphatic carbocycles. The van der Waals surface area contributed by atoms with Gasteiger partial charge in [0.25, 0.3) is 0 Å². The molecule has 42 heavy (non-hydrogen) atoms. The van der Waals surface area contributed by atoms with Crippen molar-refractivity contribution >= 4 is 39.3 Å². The average Bonchev–Trinajstić information content (AvgIpc) is 3.72. The molecule has 0 saturated carbocycles. The second kappa shape index (κ2) is 10.1. The first-order valence-electron chi connectivity index (χ1n) is 15.1. The third kappa shape index (κ3) is 4.34. The van der Waals surface area contributed by atoms with Gasteiger partial charge in [0.15, 0.2) is 5.13 Å². The van der Waals surface area contributed by atoms with Gasteiger partial charge in [0.1, 0.15) is 16.6 Å². The number of benzene rings is 1. The van der Waals surface area contributed by atoms with Gasteiger partial charge < -0.3 is 19.4 Å². The molecule has 4 aromatic rings. The van der Waals surface area contributed by atoms with Crippen LogP contribution >= 0.6 is 11.3 Å². The number of amides is 1. The zero-order valence-electron chi connectivity index (χ0n) is 25.5. The molecule has 0 N–H and O–H groups in total. The number of likely N-dealkylation sites (tertiary alicyclic amines) is 1. The molecule has 1 atom stereocenters. The minimum absolute atomic E-state index is 0.0177. The molecule has 7 rings (SSSR count). The molecular weight excluding hydrogens is 546 g/mol. The van der Waals surface area contributed by atoms with E-state index < -0.39 is 0 Å². The van der Waals surface area contributed by atoms with Crippen molar-refractivity contribution < 1.29 is 10.9 Å². The van der Waals surface area contributed by atoms with Gasteiger partial charge in [0.2, 0.25) is 5.91 Å². The molecule has 0 radical (unpaired) electrons. The molecule has 9 nitrogen and oxygen atoms in total. The van der Waals surface area contributed by atoms with E-state index in [1.54, 1.807) is 4.52 Å². The summed E-state index contributed by atoms with van der Waals surface area (Å²) in [5, 5.41) is 15.5. The van der Waals surface area contributed by atoms with Crippen LogP contribution in [0.2, 0.25) is 0 Å². The van der Waals surface area contributed by atoms with Crippen molar-refractivity contribution in [2.24, 2.45) is 11.3 Å². The fraction of sp³-hybridized carbons (Fsp3) is 0.438. The first-order valence-corrected chi connectivity index (χ1v) is 15.4. The lowest BCUT2D eigenvalue weighted by atomic mass is 9.72. The number of hydrogen-bond acceptors (Lipinski definition) is 8. The van der Waals surface area contributed by atoms with E-state index in [0.29, 0.717) is 41.5 Å². The Morgan fingerprint density at radius 1 is 1.26 bits per heavy atom. The predicted octanol–water partition coefficient (Wildman–Crippen LogP) is 4.96. The molecule has 216 valence electrons. The zero-order chi connectivity index (χ0) is 30.0. The maximum Gasteiger partial charge on any atom is 0.228 e. The van der Waals surface area contributed by atoms with Gasteiger partial charge in [0, 0.05) is 62.7 Å². The van der Waals surface area contributed by atoms with Crippen LogP contribution in [0.3, 0.4) is 0 Å². The molecular formula is C32H35N7O2S. The Balaban J connectivity index is 1.18. The van der Waals surface area contributed by atoms with Gasteiger partial charge in [-0.1, -0.05) is 48.1 Å². The molecule has 0 unspecified atom stereocenters. The lowest BCUT2D eigenvalue weighted by Crippen LogP contribution is -2.73. The van der Waals surface area contributed by atoms with E-state index >= 15 is 0 Å². The fourth-order valence-corrected chi connectivity index (χ4v) is 7.50. The third-order valence-corrected chi connectivity index (χ3v) is 9.97. The molecule has 3 saturated heterocycles. The van der Waals surface area contributed by atoms with E-state index in [-0.39, 0.29) is 17.2 Å². The number of hydrogen-bond donors (Lipinski definition) is 0. The van der Waals surface area contributed by atoms with E-state index in [9.17, 15) is 10.1 Å². The van der Waals surface area contributed by atoms with E-state index in [1.807, 2.05) is 55.0 Å². The summed E-state index contributed by atoms with van der Waals surface area (Å²) in [7, 11) is 1.96. The molecule has 0 bridgehead atoms. The van der Waals surface area contributed by atoms with Gasteiger partial charge in [-0.15, -0.1) is 0 Å². The Hall–Kier alpha value is -3.94. The van der Waals surface area contributed by atoms with Crippen LogP contribution in [0.4, 0.5) is 16.5 Å². The molecule has 10 heteroatoms. The minimum atomic E-state index is 0.0177. The van der Waals surface area contributed by atoms with Crippen molar-refractivity contribution in [2.45, 2.75) is 33.6 Å². The number of rotatable bonds is 6. The van der Waals surface area contributed by atoms with Crippen LogP contribution in [0.25, 0.3) is 16.8 Å². The number of anilines is 3. The summed E-state index contributed by atoms with van der Waals surface area (Å²) >= 11 is 1.37. The number of nitriles is 1. The van der Waals surface area contributed by atoms with E-state index in [2.05, 4.69) is 24.0 Å². The van der Waals surface area contributed by atoms with Crippen molar-refractivity contribution in [3.05, 3.63) is 58.2 Å². The Morgan fingerprint density at radius 3 is 2.69 bits per heavy atom. The molecule has 6 heterocycles. The number of nitrogens with zero attached hydrogens (tertiary/aromatic N) is 7. The van der Waals surface area contributed by atoms with Crippen molar-refractivity contribution in [3.8, 4) is 17.3 Å². The Bertz CT molecular complexity index is 1770. The van der Waals surface area contributed by atoms with Crippen LogP contribution in [0, 0.1) is 36.5 Å². The average molecular weight is 583 g/mol. The normalized spacial score (nSPS) is 19.5. The zero-order valence-corrected chi connectivity index (χ0v) is 25.3. The molecule has 3 aliphatic rings. The van der Waals surface area contributed by atoms with Crippen LogP contribution in [-0.4, -0.2) is 71.8 Å². The van der Waals surface area contributed by atoms with Crippen molar-refractivity contribution in [1.82, 2.24) is 19.5 Å². The highest BCUT2D eigenvalue weighted by Gasteiger charge is 2.54. The largest absolute Gasteiger partial charge is 0.381 e. The van der Waals surface area contributed by atoms with Crippen LogP contribution in [0.5, 0.6) is 0 Å². The Labute approximate surface area is 251 Å². The Kier molecular flexibility index (Phi) is 6.19. The van der Waals surface area contributed by atoms with Crippen molar-refractivity contribution in [1.29, 1.82) is 5.26 Å². The highest BCUT2D eigenvalue weighted by molar-refractivity contribution is 7.16.